The summed E-state index contributed by atoms with van der Waals surface area (Å²) in [5.74, 6) is 0. The molecule has 0 saturated carbocycles. The third kappa shape index (κ3) is 3.30. The van der Waals surface area contributed by atoms with Crippen LogP contribution in [0.2, 0.25) is 0 Å². The summed E-state index contributed by atoms with van der Waals surface area (Å²) in [7, 11) is 0. The van der Waals surface area contributed by atoms with Crippen molar-refractivity contribution >= 4 is 23.2 Å². The lowest BCUT2D eigenvalue weighted by molar-refractivity contribution is 0.0794. The van der Waals surface area contributed by atoms with Crippen LogP contribution in [0.3, 0.4) is 0 Å². The SMILES string of the molecule is CCCCCOC1(Cl)C=C[CH]C=C1Cl. The van der Waals surface area contributed by atoms with E-state index in [0.717, 1.165) is 12.8 Å². The van der Waals surface area contributed by atoms with Crippen LogP contribution in [-0.4, -0.2) is 11.7 Å². The molecular formula is C11H15Cl2O. The molecule has 1 radical (unpaired) electrons. The van der Waals surface area contributed by atoms with E-state index >= 15 is 0 Å². The lowest BCUT2D eigenvalue weighted by Crippen LogP contribution is -2.25. The lowest BCUT2D eigenvalue weighted by Gasteiger charge is -2.25. The molecule has 1 aliphatic carbocycles. The van der Waals surface area contributed by atoms with Crippen molar-refractivity contribution in [2.24, 2.45) is 0 Å². The van der Waals surface area contributed by atoms with Crippen LogP contribution in [0.5, 0.6) is 0 Å². The predicted octanol–water partition coefficient (Wildman–Crippen LogP) is 4.03. The summed E-state index contributed by atoms with van der Waals surface area (Å²) < 4.78 is 5.54. The molecule has 1 nitrogen and oxygen atoms in total. The van der Waals surface area contributed by atoms with Crippen LogP contribution < -0.4 is 0 Å². The maximum atomic E-state index is 6.18. The van der Waals surface area contributed by atoms with Crippen LogP contribution in [0, 0.1) is 6.42 Å². The number of rotatable bonds is 5. The minimum Gasteiger partial charge on any atom is -0.351 e. The predicted molar refractivity (Wildman–Crippen MR) is 61.4 cm³/mol. The summed E-state index contributed by atoms with van der Waals surface area (Å²) in [6.45, 7) is 2.80. The first-order valence-corrected chi connectivity index (χ1v) is 5.66. The van der Waals surface area contributed by atoms with Crippen LogP contribution in [0.4, 0.5) is 0 Å². The van der Waals surface area contributed by atoms with Crippen LogP contribution in [-0.2, 0) is 4.74 Å². The van der Waals surface area contributed by atoms with Crippen molar-refractivity contribution in [3.8, 4) is 0 Å². The smallest absolute Gasteiger partial charge is 0.196 e. The van der Waals surface area contributed by atoms with Gasteiger partial charge in [0.05, 0.1) is 5.03 Å². The average molecular weight is 234 g/mol. The molecule has 0 saturated heterocycles. The van der Waals surface area contributed by atoms with E-state index in [0.29, 0.717) is 11.6 Å². The molecule has 0 amide bonds. The van der Waals surface area contributed by atoms with Crippen molar-refractivity contribution in [1.82, 2.24) is 0 Å². The monoisotopic (exact) mass is 233 g/mol. The number of hydrogen-bond donors (Lipinski definition) is 0. The third-order valence-corrected chi connectivity index (χ3v) is 2.99. The Hall–Kier alpha value is 0.0200. The molecule has 1 aliphatic rings. The highest BCUT2D eigenvalue weighted by Crippen LogP contribution is 2.34. The Balaban J connectivity index is 2.37. The summed E-state index contributed by atoms with van der Waals surface area (Å²) in [5.41, 5.74) is 0. The topological polar surface area (TPSA) is 9.23 Å². The first kappa shape index (κ1) is 12.1. The van der Waals surface area contributed by atoms with Gasteiger partial charge in [-0.15, -0.1) is 0 Å². The molecule has 1 unspecified atom stereocenters. The van der Waals surface area contributed by atoms with Gasteiger partial charge in [-0.1, -0.05) is 55.1 Å². The Morgan fingerprint density at radius 1 is 1.43 bits per heavy atom. The molecule has 0 spiro atoms. The van der Waals surface area contributed by atoms with Gasteiger partial charge >= 0.3 is 0 Å². The van der Waals surface area contributed by atoms with Crippen molar-refractivity contribution in [2.75, 3.05) is 6.61 Å². The van der Waals surface area contributed by atoms with Gasteiger partial charge in [-0.25, -0.2) is 0 Å². The zero-order valence-electron chi connectivity index (χ0n) is 8.30. The molecular weight excluding hydrogens is 219 g/mol. The van der Waals surface area contributed by atoms with E-state index in [9.17, 15) is 0 Å². The maximum Gasteiger partial charge on any atom is 0.196 e. The number of halogens is 2. The van der Waals surface area contributed by atoms with Crippen molar-refractivity contribution in [3.63, 3.8) is 0 Å². The Bertz CT molecular complexity index is 235. The van der Waals surface area contributed by atoms with Crippen LogP contribution >= 0.6 is 23.2 Å². The second-order valence-corrected chi connectivity index (χ2v) is 4.24. The summed E-state index contributed by atoms with van der Waals surface area (Å²) >= 11 is 12.1. The van der Waals surface area contributed by atoms with E-state index < -0.39 is 5.06 Å². The highest BCUT2D eigenvalue weighted by atomic mass is 35.5. The average Bonchev–Trinajstić information content (AvgIpc) is 2.18. The van der Waals surface area contributed by atoms with E-state index in [1.807, 2.05) is 12.5 Å². The molecule has 0 heterocycles. The van der Waals surface area contributed by atoms with E-state index in [1.165, 1.54) is 6.42 Å². The Labute approximate surface area is 95.7 Å². The summed E-state index contributed by atoms with van der Waals surface area (Å²) in [4.78, 5) is 0. The largest absolute Gasteiger partial charge is 0.351 e. The molecule has 1 rings (SSSR count). The summed E-state index contributed by atoms with van der Waals surface area (Å²) in [6, 6.07) is 0. The second kappa shape index (κ2) is 5.79. The molecule has 14 heavy (non-hydrogen) atoms. The molecule has 3 heteroatoms. The molecule has 0 bridgehead atoms. The minimum atomic E-state index is -0.927. The Morgan fingerprint density at radius 3 is 2.86 bits per heavy atom. The van der Waals surface area contributed by atoms with Gasteiger partial charge in [0.15, 0.2) is 5.06 Å². The van der Waals surface area contributed by atoms with E-state index in [4.69, 9.17) is 27.9 Å². The molecule has 79 valence electrons. The van der Waals surface area contributed by atoms with Crippen LogP contribution in [0.25, 0.3) is 0 Å². The van der Waals surface area contributed by atoms with Gasteiger partial charge in [0.25, 0.3) is 0 Å². The van der Waals surface area contributed by atoms with Crippen molar-refractivity contribution in [2.45, 2.75) is 31.2 Å². The third-order valence-electron chi connectivity index (χ3n) is 2.05. The van der Waals surface area contributed by atoms with Crippen molar-refractivity contribution < 1.29 is 4.74 Å². The first-order valence-electron chi connectivity index (χ1n) is 4.91. The number of hydrogen-bond acceptors (Lipinski definition) is 1. The van der Waals surface area contributed by atoms with Gasteiger partial charge in [0.2, 0.25) is 0 Å². The number of unbranched alkanes of at least 4 members (excludes halogenated alkanes) is 2. The van der Waals surface area contributed by atoms with Crippen molar-refractivity contribution in [1.29, 1.82) is 0 Å². The van der Waals surface area contributed by atoms with E-state index in [-0.39, 0.29) is 0 Å². The molecule has 0 aliphatic heterocycles. The molecule has 0 aromatic carbocycles. The lowest BCUT2D eigenvalue weighted by atomic mass is 10.1. The number of allylic oxidation sites excluding steroid dienone is 2. The normalized spacial score (nSPS) is 26.4. The summed E-state index contributed by atoms with van der Waals surface area (Å²) in [5, 5.41) is -0.400. The van der Waals surface area contributed by atoms with Gasteiger partial charge < -0.3 is 4.74 Å². The van der Waals surface area contributed by atoms with Crippen molar-refractivity contribution in [3.05, 3.63) is 29.7 Å². The Morgan fingerprint density at radius 2 is 2.21 bits per heavy atom. The second-order valence-electron chi connectivity index (χ2n) is 3.27. The fourth-order valence-electron chi connectivity index (χ4n) is 1.20. The molecule has 0 N–H and O–H groups in total. The molecule has 0 fully saturated rings. The highest BCUT2D eigenvalue weighted by Gasteiger charge is 2.30. The molecule has 0 aromatic rings. The Kier molecular flexibility index (Phi) is 5.00. The van der Waals surface area contributed by atoms with E-state index in [1.54, 1.807) is 12.2 Å². The fourth-order valence-corrected chi connectivity index (χ4v) is 1.61. The zero-order valence-corrected chi connectivity index (χ0v) is 9.81. The van der Waals surface area contributed by atoms with E-state index in [2.05, 4.69) is 6.92 Å². The molecule has 1 atom stereocenters. The standard InChI is InChI=1S/C11H15Cl2O/c1-2-3-6-9-14-11(13)8-5-4-7-10(11)12/h4-5,7-8H,2-3,6,9H2,1H3. The van der Waals surface area contributed by atoms with Crippen LogP contribution in [0.1, 0.15) is 26.2 Å². The first-order chi connectivity index (χ1) is 6.69. The maximum absolute atomic E-state index is 6.18. The van der Waals surface area contributed by atoms with Gasteiger partial charge in [-0.3, -0.25) is 0 Å². The van der Waals surface area contributed by atoms with Gasteiger partial charge in [0, 0.05) is 13.0 Å². The van der Waals surface area contributed by atoms with Gasteiger partial charge in [0.1, 0.15) is 0 Å². The zero-order chi connectivity index (χ0) is 10.4. The van der Waals surface area contributed by atoms with Crippen LogP contribution in [0.15, 0.2) is 23.3 Å². The summed E-state index contributed by atoms with van der Waals surface area (Å²) in [6.07, 6.45) is 10.6. The minimum absolute atomic E-state index is 0.526. The number of ether oxygens (including phenoxy) is 1. The highest BCUT2D eigenvalue weighted by molar-refractivity contribution is 6.40. The molecule has 0 aromatic heterocycles. The van der Waals surface area contributed by atoms with Gasteiger partial charge in [-0.05, 0) is 12.5 Å². The quantitative estimate of drug-likeness (QED) is 0.515. The number of alkyl halides is 1. The van der Waals surface area contributed by atoms with Gasteiger partial charge in [-0.2, -0.15) is 0 Å². The fraction of sp³-hybridized carbons (Fsp3) is 0.545.